The molecule has 0 bridgehead atoms. The number of para-hydroxylation sites is 1. The summed E-state index contributed by atoms with van der Waals surface area (Å²) >= 11 is 6.02. The molecule has 0 aliphatic heterocycles. The van der Waals surface area contributed by atoms with Gasteiger partial charge in [-0.25, -0.2) is 0 Å². The summed E-state index contributed by atoms with van der Waals surface area (Å²) in [5, 5.41) is 4.68. The zero-order valence-corrected chi connectivity index (χ0v) is 14.3. The van der Waals surface area contributed by atoms with Gasteiger partial charge in [0, 0.05) is 17.1 Å². The fourth-order valence-corrected chi connectivity index (χ4v) is 2.38. The quantitative estimate of drug-likeness (QED) is 0.677. The smallest absolute Gasteiger partial charge is 0.262 e. The highest BCUT2D eigenvalue weighted by Crippen LogP contribution is 2.30. The van der Waals surface area contributed by atoms with Gasteiger partial charge in [0.2, 0.25) is 5.82 Å². The minimum atomic E-state index is 0.422. The average Bonchev–Trinajstić information content (AvgIpc) is 3.05. The Morgan fingerprint density at radius 3 is 2.75 bits per heavy atom. The van der Waals surface area contributed by atoms with Crippen molar-refractivity contribution >= 4 is 11.6 Å². The van der Waals surface area contributed by atoms with E-state index in [1.54, 1.807) is 12.1 Å². The monoisotopic (exact) mass is 343 g/mol. The van der Waals surface area contributed by atoms with Crippen molar-refractivity contribution in [2.45, 2.75) is 0 Å². The first-order chi connectivity index (χ1) is 11.6. The zero-order chi connectivity index (χ0) is 16.9. The van der Waals surface area contributed by atoms with Crippen LogP contribution in [-0.2, 0) is 0 Å². The van der Waals surface area contributed by atoms with Crippen molar-refractivity contribution in [1.82, 2.24) is 15.0 Å². The van der Waals surface area contributed by atoms with Gasteiger partial charge in [-0.1, -0.05) is 41.0 Å². The van der Waals surface area contributed by atoms with Crippen LogP contribution in [0.25, 0.3) is 22.8 Å². The van der Waals surface area contributed by atoms with Crippen LogP contribution in [-0.4, -0.2) is 42.3 Å². The number of likely N-dealkylation sites (N-methyl/N-ethyl adjacent to an activating group) is 1. The number of aromatic nitrogens is 2. The Morgan fingerprint density at radius 2 is 1.96 bits per heavy atom. The van der Waals surface area contributed by atoms with Crippen LogP contribution in [0.3, 0.4) is 0 Å². The van der Waals surface area contributed by atoms with E-state index in [4.69, 9.17) is 20.9 Å². The summed E-state index contributed by atoms with van der Waals surface area (Å²) in [6.45, 7) is 1.41. The fraction of sp³-hybridized carbons (Fsp3) is 0.222. The average molecular weight is 344 g/mol. The second-order valence-electron chi connectivity index (χ2n) is 5.58. The van der Waals surface area contributed by atoms with Gasteiger partial charge in [0.15, 0.2) is 0 Å². The SMILES string of the molecule is CN(C)CCOc1ccccc1-c1nc(-c2cccc(Cl)c2)no1. The molecular formula is C18H18ClN3O2. The summed E-state index contributed by atoms with van der Waals surface area (Å²) in [4.78, 5) is 6.53. The van der Waals surface area contributed by atoms with Gasteiger partial charge in [-0.05, 0) is 38.4 Å². The number of halogens is 1. The molecule has 124 valence electrons. The van der Waals surface area contributed by atoms with Crippen molar-refractivity contribution in [2.75, 3.05) is 27.2 Å². The molecule has 3 rings (SSSR count). The lowest BCUT2D eigenvalue weighted by Gasteiger charge is -2.12. The summed E-state index contributed by atoms with van der Waals surface area (Å²) < 4.78 is 11.3. The second-order valence-corrected chi connectivity index (χ2v) is 6.02. The lowest BCUT2D eigenvalue weighted by molar-refractivity contribution is 0.261. The summed E-state index contributed by atoms with van der Waals surface area (Å²) in [6, 6.07) is 15.0. The van der Waals surface area contributed by atoms with Crippen LogP contribution >= 0.6 is 11.6 Å². The molecule has 2 aromatic carbocycles. The molecule has 0 saturated carbocycles. The highest BCUT2D eigenvalue weighted by Gasteiger charge is 2.15. The van der Waals surface area contributed by atoms with Crippen molar-refractivity contribution < 1.29 is 9.26 Å². The van der Waals surface area contributed by atoms with E-state index in [1.165, 1.54) is 0 Å². The summed E-state index contributed by atoms with van der Waals surface area (Å²) in [7, 11) is 4.01. The van der Waals surface area contributed by atoms with E-state index in [-0.39, 0.29) is 0 Å². The van der Waals surface area contributed by atoms with Crippen LogP contribution in [0.1, 0.15) is 0 Å². The topological polar surface area (TPSA) is 51.4 Å². The van der Waals surface area contributed by atoms with Crippen LogP contribution in [0.4, 0.5) is 0 Å². The van der Waals surface area contributed by atoms with Gasteiger partial charge >= 0.3 is 0 Å². The van der Waals surface area contributed by atoms with Gasteiger partial charge in [-0.3, -0.25) is 0 Å². The number of nitrogens with zero attached hydrogens (tertiary/aromatic N) is 3. The van der Waals surface area contributed by atoms with E-state index >= 15 is 0 Å². The number of ether oxygens (including phenoxy) is 1. The van der Waals surface area contributed by atoms with E-state index in [1.807, 2.05) is 50.5 Å². The molecule has 0 spiro atoms. The number of hydrogen-bond acceptors (Lipinski definition) is 5. The van der Waals surface area contributed by atoms with Gasteiger partial charge in [0.1, 0.15) is 12.4 Å². The van der Waals surface area contributed by atoms with Crippen molar-refractivity contribution in [3.8, 4) is 28.6 Å². The third-order valence-corrected chi connectivity index (χ3v) is 3.66. The highest BCUT2D eigenvalue weighted by molar-refractivity contribution is 6.30. The molecule has 0 aliphatic carbocycles. The minimum Gasteiger partial charge on any atom is -0.491 e. The van der Waals surface area contributed by atoms with Gasteiger partial charge < -0.3 is 14.2 Å². The molecule has 0 aliphatic rings. The third-order valence-electron chi connectivity index (χ3n) is 3.42. The van der Waals surface area contributed by atoms with Crippen LogP contribution in [0, 0.1) is 0 Å². The number of benzene rings is 2. The Bertz CT molecular complexity index is 817. The van der Waals surface area contributed by atoms with Crippen LogP contribution in [0.2, 0.25) is 5.02 Å². The molecule has 0 amide bonds. The first-order valence-corrected chi connectivity index (χ1v) is 7.98. The largest absolute Gasteiger partial charge is 0.491 e. The fourth-order valence-electron chi connectivity index (χ4n) is 2.19. The highest BCUT2D eigenvalue weighted by atomic mass is 35.5. The first kappa shape index (κ1) is 16.5. The van der Waals surface area contributed by atoms with Crippen LogP contribution in [0.15, 0.2) is 53.1 Å². The van der Waals surface area contributed by atoms with Crippen molar-refractivity contribution in [3.63, 3.8) is 0 Å². The van der Waals surface area contributed by atoms with Crippen LogP contribution in [0.5, 0.6) is 5.75 Å². The van der Waals surface area contributed by atoms with Gasteiger partial charge in [-0.15, -0.1) is 0 Å². The molecule has 0 radical (unpaired) electrons. The van der Waals surface area contributed by atoms with Crippen LogP contribution < -0.4 is 4.74 Å². The van der Waals surface area contributed by atoms with E-state index in [0.717, 1.165) is 23.4 Å². The lowest BCUT2D eigenvalue weighted by atomic mass is 10.2. The predicted molar refractivity (Wildman–Crippen MR) is 94.2 cm³/mol. The molecule has 1 aromatic heterocycles. The molecule has 5 nitrogen and oxygen atoms in total. The van der Waals surface area contributed by atoms with E-state index in [0.29, 0.717) is 23.3 Å². The number of rotatable bonds is 6. The summed E-state index contributed by atoms with van der Waals surface area (Å²) in [5.74, 6) is 1.64. The van der Waals surface area contributed by atoms with Crippen molar-refractivity contribution in [2.24, 2.45) is 0 Å². The molecule has 6 heteroatoms. The van der Waals surface area contributed by atoms with Gasteiger partial charge in [-0.2, -0.15) is 4.98 Å². The first-order valence-electron chi connectivity index (χ1n) is 7.60. The normalized spacial score (nSPS) is 11.0. The Balaban J connectivity index is 1.85. The zero-order valence-electron chi connectivity index (χ0n) is 13.6. The van der Waals surface area contributed by atoms with E-state index < -0.39 is 0 Å². The van der Waals surface area contributed by atoms with Gasteiger partial charge in [0.25, 0.3) is 5.89 Å². The Labute approximate surface area is 145 Å². The molecule has 24 heavy (non-hydrogen) atoms. The van der Waals surface area contributed by atoms with Crippen molar-refractivity contribution in [1.29, 1.82) is 0 Å². The molecular weight excluding hydrogens is 326 g/mol. The maximum Gasteiger partial charge on any atom is 0.262 e. The summed E-state index contributed by atoms with van der Waals surface area (Å²) in [5.41, 5.74) is 1.58. The van der Waals surface area contributed by atoms with Crippen molar-refractivity contribution in [3.05, 3.63) is 53.6 Å². The standard InChI is InChI=1S/C18H18ClN3O2/c1-22(2)10-11-23-16-9-4-3-8-15(16)18-20-17(21-24-18)13-6-5-7-14(19)12-13/h3-9,12H,10-11H2,1-2H3. The molecule has 0 unspecified atom stereocenters. The Hall–Kier alpha value is -2.37. The molecule has 0 saturated heterocycles. The lowest BCUT2D eigenvalue weighted by Crippen LogP contribution is -2.19. The minimum absolute atomic E-state index is 0.422. The predicted octanol–water partition coefficient (Wildman–Crippen LogP) is 4.00. The third kappa shape index (κ3) is 3.93. The van der Waals surface area contributed by atoms with Gasteiger partial charge in [0.05, 0.1) is 5.56 Å². The van der Waals surface area contributed by atoms with E-state index in [9.17, 15) is 0 Å². The molecule has 0 fully saturated rings. The Morgan fingerprint density at radius 1 is 1.12 bits per heavy atom. The molecule has 0 N–H and O–H groups in total. The Kier molecular flexibility index (Phi) is 5.13. The molecule has 0 atom stereocenters. The maximum absolute atomic E-state index is 6.02. The maximum atomic E-state index is 6.02. The molecule has 3 aromatic rings. The molecule has 1 heterocycles. The summed E-state index contributed by atoms with van der Waals surface area (Å²) in [6.07, 6.45) is 0. The number of hydrogen-bond donors (Lipinski definition) is 0. The van der Waals surface area contributed by atoms with E-state index in [2.05, 4.69) is 15.0 Å². The second kappa shape index (κ2) is 7.47.